The number of nitrogens with zero attached hydrogens (tertiary/aromatic N) is 2. The summed E-state index contributed by atoms with van der Waals surface area (Å²) in [7, 11) is 1.78. The van der Waals surface area contributed by atoms with Crippen molar-refractivity contribution in [3.63, 3.8) is 0 Å². The Morgan fingerprint density at radius 3 is 2.33 bits per heavy atom. The zero-order valence-electron chi connectivity index (χ0n) is 25.4. The first-order valence-electron chi connectivity index (χ1n) is 13.8. The van der Waals surface area contributed by atoms with Crippen LogP contribution >= 0.6 is 0 Å². The molecule has 8 heteroatoms. The topological polar surface area (TPSA) is 82.6 Å². The van der Waals surface area contributed by atoms with Gasteiger partial charge in [0.2, 0.25) is 5.95 Å². The molecule has 0 radical (unpaired) electrons. The molecular formula is C31H46FN3O4. The number of aromatic nitrogens is 2. The third-order valence-electron chi connectivity index (χ3n) is 5.91. The molecule has 0 spiro atoms. The van der Waals surface area contributed by atoms with Crippen molar-refractivity contribution in [1.29, 1.82) is 0 Å². The van der Waals surface area contributed by atoms with E-state index < -0.39 is 11.4 Å². The van der Waals surface area contributed by atoms with Gasteiger partial charge >= 0.3 is 5.97 Å². The lowest BCUT2D eigenvalue weighted by Crippen LogP contribution is -2.46. The second kappa shape index (κ2) is 13.5. The predicted octanol–water partition coefficient (Wildman–Crippen LogP) is 7.52. The smallest absolute Gasteiger partial charge is 0.308 e. The van der Waals surface area contributed by atoms with E-state index in [1.807, 2.05) is 61.5 Å². The van der Waals surface area contributed by atoms with Gasteiger partial charge in [-0.1, -0.05) is 27.7 Å². The van der Waals surface area contributed by atoms with Crippen LogP contribution in [0.25, 0.3) is 17.3 Å². The van der Waals surface area contributed by atoms with Crippen molar-refractivity contribution in [1.82, 2.24) is 9.97 Å². The van der Waals surface area contributed by atoms with E-state index >= 15 is 0 Å². The van der Waals surface area contributed by atoms with Gasteiger partial charge in [0.1, 0.15) is 11.4 Å². The van der Waals surface area contributed by atoms with Gasteiger partial charge < -0.3 is 19.5 Å². The molecular weight excluding hydrogens is 497 g/mol. The van der Waals surface area contributed by atoms with Crippen molar-refractivity contribution in [3.05, 3.63) is 46.9 Å². The predicted molar refractivity (Wildman–Crippen MR) is 155 cm³/mol. The van der Waals surface area contributed by atoms with Crippen LogP contribution in [0, 0.1) is 5.82 Å². The van der Waals surface area contributed by atoms with Crippen LogP contribution in [-0.2, 0) is 19.0 Å². The summed E-state index contributed by atoms with van der Waals surface area (Å²) in [5, 5.41) is 3.04. The molecule has 3 rings (SSSR count). The Morgan fingerprint density at radius 1 is 1.18 bits per heavy atom. The molecule has 1 aliphatic heterocycles. The highest BCUT2D eigenvalue weighted by atomic mass is 19.1. The van der Waals surface area contributed by atoms with E-state index in [9.17, 15) is 9.18 Å². The Kier molecular flexibility index (Phi) is 11.2. The molecule has 1 saturated heterocycles. The van der Waals surface area contributed by atoms with Crippen molar-refractivity contribution in [2.45, 2.75) is 112 Å². The highest BCUT2D eigenvalue weighted by molar-refractivity contribution is 5.75. The molecule has 1 aromatic carbocycles. The number of carbonyl (C=O) groups is 1. The minimum atomic E-state index is -0.877. The molecule has 216 valence electrons. The number of ether oxygens (including phenoxy) is 3. The van der Waals surface area contributed by atoms with Crippen LogP contribution in [0.3, 0.4) is 0 Å². The van der Waals surface area contributed by atoms with Gasteiger partial charge in [0.25, 0.3) is 0 Å². The summed E-state index contributed by atoms with van der Waals surface area (Å²) < 4.78 is 31.5. The van der Waals surface area contributed by atoms with Crippen molar-refractivity contribution >= 4 is 18.0 Å². The summed E-state index contributed by atoms with van der Waals surface area (Å²) in [5.74, 6) is -0.873. The van der Waals surface area contributed by atoms with Crippen LogP contribution in [0.4, 0.5) is 10.3 Å². The van der Waals surface area contributed by atoms with E-state index in [2.05, 4.69) is 19.2 Å². The molecule has 2 aromatic rings. The van der Waals surface area contributed by atoms with E-state index in [4.69, 9.17) is 24.2 Å². The zero-order chi connectivity index (χ0) is 29.5. The van der Waals surface area contributed by atoms with Gasteiger partial charge in [-0.15, -0.1) is 0 Å². The number of nitrogens with one attached hydrogen (secondary N) is 1. The molecule has 1 aliphatic rings. The summed E-state index contributed by atoms with van der Waals surface area (Å²) in [6, 6.07) is 6.30. The van der Waals surface area contributed by atoms with E-state index in [0.717, 1.165) is 22.4 Å². The summed E-state index contributed by atoms with van der Waals surface area (Å²) in [5.41, 5.74) is 3.62. The van der Waals surface area contributed by atoms with Crippen LogP contribution < -0.4 is 5.32 Å². The van der Waals surface area contributed by atoms with Crippen LogP contribution in [0.2, 0.25) is 0 Å². The second-order valence-corrected chi connectivity index (χ2v) is 11.3. The van der Waals surface area contributed by atoms with Gasteiger partial charge in [-0.05, 0) is 83.4 Å². The fourth-order valence-electron chi connectivity index (χ4n) is 4.41. The first-order valence-corrected chi connectivity index (χ1v) is 13.8. The second-order valence-electron chi connectivity index (χ2n) is 11.3. The summed E-state index contributed by atoms with van der Waals surface area (Å²) in [6.45, 7) is 19.4. The van der Waals surface area contributed by atoms with Gasteiger partial charge in [-0.25, -0.2) is 14.4 Å². The Labute approximate surface area is 233 Å². The Bertz CT molecular complexity index is 1140. The van der Waals surface area contributed by atoms with Crippen molar-refractivity contribution < 1.29 is 23.4 Å². The standard InChI is InChI=1S/C29H40FN3O4.C2H6/c1-17(2)25-22(26(33-27(31-9)32-25)19-10-12-20(30)13-11-19)14-18(3)23-15-21(35-29(7,8)36-23)16-24(34)37-28(4,5)6;1-2/h10-14,17,21,23H,15-16H2,1-9H3,(H,31,32,33);1-2H3/b18-14+;. The van der Waals surface area contributed by atoms with Crippen LogP contribution in [0.15, 0.2) is 29.8 Å². The Hall–Kier alpha value is -2.84. The zero-order valence-corrected chi connectivity index (χ0v) is 25.4. The van der Waals surface area contributed by atoms with Gasteiger partial charge in [0.15, 0.2) is 5.79 Å². The quantitative estimate of drug-likeness (QED) is 0.362. The Morgan fingerprint density at radius 2 is 1.79 bits per heavy atom. The van der Waals surface area contributed by atoms with E-state index in [1.54, 1.807) is 19.2 Å². The highest BCUT2D eigenvalue weighted by Gasteiger charge is 2.38. The lowest BCUT2D eigenvalue weighted by Gasteiger charge is -2.41. The molecule has 2 unspecified atom stereocenters. The molecule has 1 aromatic heterocycles. The maximum atomic E-state index is 13.7. The van der Waals surface area contributed by atoms with Crippen LogP contribution in [0.5, 0.6) is 0 Å². The normalized spacial score (nSPS) is 19.3. The SMILES string of the molecule is CC.CNc1nc(-c2ccc(F)cc2)c(/C=C(\C)C2CC(CC(=O)OC(C)(C)C)OC(C)(C)O2)c(C(C)C)n1. The molecule has 7 nitrogen and oxygen atoms in total. The fourth-order valence-corrected chi connectivity index (χ4v) is 4.41. The summed E-state index contributed by atoms with van der Waals surface area (Å²) in [6.07, 6.45) is 2.05. The lowest BCUT2D eigenvalue weighted by molar-refractivity contribution is -0.292. The van der Waals surface area contributed by atoms with Crippen molar-refractivity contribution in [2.24, 2.45) is 0 Å². The minimum absolute atomic E-state index is 0.111. The molecule has 1 fully saturated rings. The Balaban J connectivity index is 0.00000260. The van der Waals surface area contributed by atoms with Crippen molar-refractivity contribution in [2.75, 3.05) is 12.4 Å². The largest absolute Gasteiger partial charge is 0.460 e. The maximum absolute atomic E-state index is 13.7. The molecule has 0 amide bonds. The molecule has 0 aliphatic carbocycles. The highest BCUT2D eigenvalue weighted by Crippen LogP contribution is 2.35. The lowest BCUT2D eigenvalue weighted by atomic mass is 9.93. The molecule has 39 heavy (non-hydrogen) atoms. The van der Waals surface area contributed by atoms with Gasteiger partial charge in [-0.2, -0.15) is 0 Å². The molecule has 1 N–H and O–H groups in total. The number of anilines is 1. The molecule has 2 heterocycles. The number of halogens is 1. The van der Waals surface area contributed by atoms with E-state index in [1.165, 1.54) is 12.1 Å². The number of benzene rings is 1. The summed E-state index contributed by atoms with van der Waals surface area (Å²) >= 11 is 0. The first kappa shape index (κ1) is 32.4. The number of hydrogen-bond donors (Lipinski definition) is 1. The average molecular weight is 544 g/mol. The van der Waals surface area contributed by atoms with Crippen molar-refractivity contribution in [3.8, 4) is 11.3 Å². The molecule has 0 saturated carbocycles. The third-order valence-corrected chi connectivity index (χ3v) is 5.91. The number of carbonyl (C=O) groups excluding carboxylic acids is 1. The monoisotopic (exact) mass is 543 g/mol. The first-order chi connectivity index (χ1) is 18.2. The van der Waals surface area contributed by atoms with Gasteiger partial charge in [0.05, 0.1) is 30.0 Å². The number of rotatable bonds is 7. The van der Waals surface area contributed by atoms with Crippen LogP contribution in [0.1, 0.15) is 99.3 Å². The average Bonchev–Trinajstić information content (AvgIpc) is 2.83. The van der Waals surface area contributed by atoms with Crippen LogP contribution in [-0.4, -0.2) is 46.6 Å². The maximum Gasteiger partial charge on any atom is 0.308 e. The summed E-state index contributed by atoms with van der Waals surface area (Å²) in [4.78, 5) is 22.0. The minimum Gasteiger partial charge on any atom is -0.460 e. The third kappa shape index (κ3) is 9.39. The van der Waals surface area contributed by atoms with Gasteiger partial charge in [-0.3, -0.25) is 4.79 Å². The molecule has 0 bridgehead atoms. The van der Waals surface area contributed by atoms with E-state index in [-0.39, 0.29) is 36.3 Å². The molecule has 2 atom stereocenters. The van der Waals surface area contributed by atoms with Gasteiger partial charge in [0, 0.05) is 24.6 Å². The number of esters is 1. The van der Waals surface area contributed by atoms with E-state index in [0.29, 0.717) is 18.1 Å². The number of hydrogen-bond acceptors (Lipinski definition) is 7. The fraction of sp³-hybridized carbons (Fsp3) is 0.581.